The van der Waals surface area contributed by atoms with Gasteiger partial charge in [0.25, 0.3) is 5.91 Å². The molecule has 0 aliphatic carbocycles. The molecule has 0 aromatic heterocycles. The number of carbonyl (C=O) groups is 1. The molecule has 128 valence electrons. The highest BCUT2D eigenvalue weighted by Crippen LogP contribution is 2.32. The van der Waals surface area contributed by atoms with E-state index in [4.69, 9.17) is 21.7 Å². The molecule has 3 rings (SSSR count). The van der Waals surface area contributed by atoms with E-state index in [0.717, 1.165) is 5.56 Å². The number of amides is 1. The number of nitrogens with one attached hydrogen (secondary N) is 1. The Labute approximate surface area is 154 Å². The van der Waals surface area contributed by atoms with Crippen molar-refractivity contribution in [1.82, 2.24) is 5.32 Å². The maximum atomic E-state index is 13.7. The van der Waals surface area contributed by atoms with Gasteiger partial charge in [0.1, 0.15) is 16.7 Å². The average Bonchev–Trinajstić information content (AvgIpc) is 2.92. The fourth-order valence-electron chi connectivity index (χ4n) is 2.24. The number of thiocarbonyl (C=S) groups is 1. The van der Waals surface area contributed by atoms with Gasteiger partial charge in [-0.05, 0) is 29.8 Å². The maximum Gasteiger partial charge on any atom is 0.263 e. The normalized spacial score (nSPS) is 15.4. The Morgan fingerprint density at radius 2 is 2.04 bits per heavy atom. The molecule has 25 heavy (non-hydrogen) atoms. The lowest BCUT2D eigenvalue weighted by Gasteiger charge is -2.12. The van der Waals surface area contributed by atoms with Gasteiger partial charge in [-0.25, -0.2) is 4.39 Å². The van der Waals surface area contributed by atoms with Crippen LogP contribution in [-0.2, 0) is 11.4 Å². The van der Waals surface area contributed by atoms with Crippen LogP contribution in [0.2, 0.25) is 0 Å². The number of benzene rings is 2. The molecule has 1 saturated heterocycles. The van der Waals surface area contributed by atoms with Crippen molar-refractivity contribution >= 4 is 40.3 Å². The Morgan fingerprint density at radius 1 is 1.24 bits per heavy atom. The molecule has 2 aromatic rings. The highest BCUT2D eigenvalue weighted by Gasteiger charge is 2.22. The number of thioether (sulfide) groups is 1. The number of halogens is 1. The molecule has 1 heterocycles. The van der Waals surface area contributed by atoms with Crippen LogP contribution in [-0.4, -0.2) is 17.3 Å². The zero-order chi connectivity index (χ0) is 17.8. The van der Waals surface area contributed by atoms with Crippen LogP contribution in [0.3, 0.4) is 0 Å². The summed E-state index contributed by atoms with van der Waals surface area (Å²) < 4.78 is 25.1. The predicted octanol–water partition coefficient (Wildman–Crippen LogP) is 3.90. The van der Waals surface area contributed by atoms with Crippen molar-refractivity contribution < 1.29 is 18.7 Å². The Hall–Kier alpha value is -2.38. The summed E-state index contributed by atoms with van der Waals surface area (Å²) in [7, 11) is 1.52. The van der Waals surface area contributed by atoms with Crippen LogP contribution in [0.1, 0.15) is 11.1 Å². The van der Waals surface area contributed by atoms with Gasteiger partial charge in [-0.15, -0.1) is 0 Å². The Balaban J connectivity index is 1.78. The SMILES string of the molecule is COc1cc(/C=C2\SC(=S)NC2=O)ccc1OCc1ccccc1F. The van der Waals surface area contributed by atoms with Crippen molar-refractivity contribution in [1.29, 1.82) is 0 Å². The zero-order valence-corrected chi connectivity index (χ0v) is 14.9. The molecule has 0 spiro atoms. The number of rotatable bonds is 5. The van der Waals surface area contributed by atoms with Crippen molar-refractivity contribution in [3.63, 3.8) is 0 Å². The van der Waals surface area contributed by atoms with Crippen LogP contribution < -0.4 is 14.8 Å². The summed E-state index contributed by atoms with van der Waals surface area (Å²) in [6.45, 7) is 0.0933. The van der Waals surface area contributed by atoms with E-state index >= 15 is 0 Å². The Bertz CT molecular complexity index is 867. The summed E-state index contributed by atoms with van der Waals surface area (Å²) in [5, 5.41) is 2.57. The molecular weight excluding hydrogens is 361 g/mol. The maximum absolute atomic E-state index is 13.7. The first kappa shape index (κ1) is 17.4. The smallest absolute Gasteiger partial charge is 0.263 e. The standard InChI is InChI=1S/C18H14FNO3S2/c1-22-15-8-11(9-16-17(21)20-18(24)25-16)6-7-14(15)23-10-12-4-2-3-5-13(12)19/h2-9H,10H2,1H3,(H,20,21,24)/b16-9-. The van der Waals surface area contributed by atoms with E-state index in [1.165, 1.54) is 24.9 Å². The van der Waals surface area contributed by atoms with E-state index in [1.807, 2.05) is 0 Å². The minimum atomic E-state index is -0.317. The molecule has 1 aliphatic rings. The number of hydrogen-bond acceptors (Lipinski definition) is 5. The quantitative estimate of drug-likeness (QED) is 0.634. The highest BCUT2D eigenvalue weighted by molar-refractivity contribution is 8.26. The summed E-state index contributed by atoms with van der Waals surface area (Å²) >= 11 is 6.18. The van der Waals surface area contributed by atoms with Crippen LogP contribution in [0.5, 0.6) is 11.5 Å². The second kappa shape index (κ2) is 7.67. The summed E-state index contributed by atoms with van der Waals surface area (Å²) in [6.07, 6.45) is 1.72. The molecular formula is C18H14FNO3S2. The molecule has 1 N–H and O–H groups in total. The molecule has 2 aromatic carbocycles. The third-order valence-corrected chi connectivity index (χ3v) is 4.63. The molecule has 1 fully saturated rings. The topological polar surface area (TPSA) is 47.6 Å². The van der Waals surface area contributed by atoms with Gasteiger partial charge >= 0.3 is 0 Å². The first-order valence-electron chi connectivity index (χ1n) is 7.36. The third-order valence-electron chi connectivity index (χ3n) is 3.47. The number of hydrogen-bond donors (Lipinski definition) is 1. The molecule has 0 unspecified atom stereocenters. The van der Waals surface area contributed by atoms with E-state index in [-0.39, 0.29) is 18.3 Å². The Morgan fingerprint density at radius 3 is 2.72 bits per heavy atom. The second-order valence-corrected chi connectivity index (χ2v) is 6.86. The van der Waals surface area contributed by atoms with Gasteiger partial charge in [0.05, 0.1) is 12.0 Å². The fraction of sp³-hybridized carbons (Fsp3) is 0.111. The summed E-state index contributed by atoms with van der Waals surface area (Å²) in [5.41, 5.74) is 1.24. The zero-order valence-electron chi connectivity index (χ0n) is 13.2. The van der Waals surface area contributed by atoms with Crippen molar-refractivity contribution in [2.24, 2.45) is 0 Å². The monoisotopic (exact) mass is 375 g/mol. The van der Waals surface area contributed by atoms with Gasteiger partial charge in [0.15, 0.2) is 11.5 Å². The molecule has 0 radical (unpaired) electrons. The van der Waals surface area contributed by atoms with Gasteiger partial charge in [-0.3, -0.25) is 4.79 Å². The van der Waals surface area contributed by atoms with Crippen molar-refractivity contribution in [3.05, 3.63) is 64.3 Å². The summed E-state index contributed by atoms with van der Waals surface area (Å²) in [4.78, 5) is 12.2. The second-order valence-electron chi connectivity index (χ2n) is 5.14. The number of carbonyl (C=O) groups excluding carboxylic acids is 1. The van der Waals surface area contributed by atoms with Crippen LogP contribution in [0.15, 0.2) is 47.4 Å². The van der Waals surface area contributed by atoms with Gasteiger partial charge in [0.2, 0.25) is 0 Å². The minimum Gasteiger partial charge on any atom is -0.493 e. The highest BCUT2D eigenvalue weighted by atomic mass is 32.2. The molecule has 1 amide bonds. The van der Waals surface area contributed by atoms with E-state index < -0.39 is 0 Å². The van der Waals surface area contributed by atoms with Crippen molar-refractivity contribution in [3.8, 4) is 11.5 Å². The number of methoxy groups -OCH3 is 1. The largest absolute Gasteiger partial charge is 0.493 e. The van der Waals surface area contributed by atoms with Crippen LogP contribution in [0.4, 0.5) is 4.39 Å². The van der Waals surface area contributed by atoms with Gasteiger partial charge < -0.3 is 14.8 Å². The van der Waals surface area contributed by atoms with Gasteiger partial charge in [0, 0.05) is 5.56 Å². The van der Waals surface area contributed by atoms with Gasteiger partial charge in [-0.1, -0.05) is 48.2 Å². The molecule has 0 atom stereocenters. The van der Waals surface area contributed by atoms with Crippen LogP contribution >= 0.6 is 24.0 Å². The summed E-state index contributed by atoms with van der Waals surface area (Å²) in [6, 6.07) is 11.7. The van der Waals surface area contributed by atoms with E-state index in [2.05, 4.69) is 5.32 Å². The van der Waals surface area contributed by atoms with Crippen LogP contribution in [0.25, 0.3) is 6.08 Å². The predicted molar refractivity (Wildman–Crippen MR) is 100 cm³/mol. The lowest BCUT2D eigenvalue weighted by Crippen LogP contribution is -2.17. The van der Waals surface area contributed by atoms with Crippen LogP contribution in [0, 0.1) is 5.82 Å². The number of ether oxygens (including phenoxy) is 2. The van der Waals surface area contributed by atoms with E-state index in [0.29, 0.717) is 26.3 Å². The summed E-state index contributed by atoms with van der Waals surface area (Å²) in [5.74, 6) is 0.459. The first-order chi connectivity index (χ1) is 12.1. The van der Waals surface area contributed by atoms with Crippen molar-refractivity contribution in [2.75, 3.05) is 7.11 Å². The minimum absolute atomic E-state index is 0.0933. The first-order valence-corrected chi connectivity index (χ1v) is 8.58. The lowest BCUT2D eigenvalue weighted by atomic mass is 10.2. The average molecular weight is 375 g/mol. The molecule has 1 aliphatic heterocycles. The van der Waals surface area contributed by atoms with Gasteiger partial charge in [-0.2, -0.15) is 0 Å². The molecule has 0 bridgehead atoms. The molecule has 7 heteroatoms. The van der Waals surface area contributed by atoms with Crippen molar-refractivity contribution in [2.45, 2.75) is 6.61 Å². The lowest BCUT2D eigenvalue weighted by molar-refractivity contribution is -0.115. The Kier molecular flexibility index (Phi) is 5.35. The third kappa shape index (κ3) is 4.18. The molecule has 4 nitrogen and oxygen atoms in total. The molecule has 0 saturated carbocycles. The fourth-order valence-corrected chi connectivity index (χ4v) is 3.28. The van der Waals surface area contributed by atoms with E-state index in [9.17, 15) is 9.18 Å². The van der Waals surface area contributed by atoms with E-state index in [1.54, 1.807) is 42.5 Å².